The highest BCUT2D eigenvalue weighted by Crippen LogP contribution is 2.49. The standard InChI is InChI=1S/C8H14IN/c1-7-3-6-8(10(7)9)4-2-5-8/h7H,2-6H2,1H3. The van der Waals surface area contributed by atoms with Gasteiger partial charge in [0.1, 0.15) is 0 Å². The highest BCUT2D eigenvalue weighted by molar-refractivity contribution is 14.1. The zero-order valence-electron chi connectivity index (χ0n) is 6.44. The molecular formula is C8H14IN. The molecule has 1 aliphatic carbocycles. The molecule has 1 saturated heterocycles. The Morgan fingerprint density at radius 3 is 2.30 bits per heavy atom. The lowest BCUT2D eigenvalue weighted by Crippen LogP contribution is -2.45. The van der Waals surface area contributed by atoms with Crippen molar-refractivity contribution in [1.29, 1.82) is 0 Å². The monoisotopic (exact) mass is 251 g/mol. The molecule has 58 valence electrons. The van der Waals surface area contributed by atoms with Crippen LogP contribution in [0.1, 0.15) is 39.0 Å². The molecule has 0 radical (unpaired) electrons. The van der Waals surface area contributed by atoms with Crippen LogP contribution in [0.15, 0.2) is 0 Å². The van der Waals surface area contributed by atoms with Gasteiger partial charge in [-0.25, -0.2) is 3.11 Å². The summed E-state index contributed by atoms with van der Waals surface area (Å²) in [6.45, 7) is 2.35. The van der Waals surface area contributed by atoms with Crippen molar-refractivity contribution in [2.75, 3.05) is 0 Å². The van der Waals surface area contributed by atoms with Crippen molar-refractivity contribution in [3.8, 4) is 0 Å². The van der Waals surface area contributed by atoms with Crippen LogP contribution in [0.2, 0.25) is 0 Å². The fourth-order valence-electron chi connectivity index (χ4n) is 2.21. The average molecular weight is 251 g/mol. The molecule has 1 atom stereocenters. The van der Waals surface area contributed by atoms with Crippen LogP contribution in [0.4, 0.5) is 0 Å². The Labute approximate surface area is 76.7 Å². The van der Waals surface area contributed by atoms with Crippen LogP contribution in [0.25, 0.3) is 0 Å². The topological polar surface area (TPSA) is 3.24 Å². The van der Waals surface area contributed by atoms with Gasteiger partial charge in [-0.05, 0) is 39.0 Å². The summed E-state index contributed by atoms with van der Waals surface area (Å²) in [4.78, 5) is 0. The second-order valence-corrected chi connectivity index (χ2v) is 4.82. The Kier molecular flexibility index (Phi) is 1.72. The Morgan fingerprint density at radius 1 is 1.40 bits per heavy atom. The van der Waals surface area contributed by atoms with Crippen LogP contribution in [0.3, 0.4) is 0 Å². The highest BCUT2D eigenvalue weighted by atomic mass is 127. The van der Waals surface area contributed by atoms with Crippen molar-refractivity contribution in [2.24, 2.45) is 0 Å². The molecule has 1 spiro atoms. The van der Waals surface area contributed by atoms with Crippen LogP contribution < -0.4 is 0 Å². The summed E-state index contributed by atoms with van der Waals surface area (Å²) < 4.78 is 2.58. The van der Waals surface area contributed by atoms with Gasteiger partial charge in [0.15, 0.2) is 0 Å². The lowest BCUT2D eigenvalue weighted by molar-refractivity contribution is 0.139. The van der Waals surface area contributed by atoms with E-state index < -0.39 is 0 Å². The Morgan fingerprint density at radius 2 is 2.10 bits per heavy atom. The van der Waals surface area contributed by atoms with Gasteiger partial charge < -0.3 is 0 Å². The molecule has 1 nitrogen and oxygen atoms in total. The molecule has 1 saturated carbocycles. The Balaban J connectivity index is 2.10. The van der Waals surface area contributed by atoms with E-state index in [2.05, 4.69) is 32.9 Å². The van der Waals surface area contributed by atoms with Crippen molar-refractivity contribution < 1.29 is 0 Å². The van der Waals surface area contributed by atoms with Gasteiger partial charge in [0.2, 0.25) is 0 Å². The van der Waals surface area contributed by atoms with E-state index >= 15 is 0 Å². The van der Waals surface area contributed by atoms with E-state index in [1.165, 1.54) is 32.1 Å². The fraction of sp³-hybridized carbons (Fsp3) is 1.00. The first-order valence-electron chi connectivity index (χ1n) is 4.20. The van der Waals surface area contributed by atoms with Gasteiger partial charge in [0, 0.05) is 34.4 Å². The second kappa shape index (κ2) is 2.34. The second-order valence-electron chi connectivity index (χ2n) is 3.78. The first-order valence-corrected chi connectivity index (χ1v) is 5.16. The minimum atomic E-state index is 0.667. The summed E-state index contributed by atoms with van der Waals surface area (Å²) in [7, 11) is 0. The van der Waals surface area contributed by atoms with Crippen LogP contribution in [-0.4, -0.2) is 14.7 Å². The van der Waals surface area contributed by atoms with Crippen LogP contribution in [0, 0.1) is 0 Å². The number of hydrogen-bond donors (Lipinski definition) is 0. The number of rotatable bonds is 0. The molecule has 1 unspecified atom stereocenters. The van der Waals surface area contributed by atoms with Crippen molar-refractivity contribution in [3.05, 3.63) is 0 Å². The summed E-state index contributed by atoms with van der Waals surface area (Å²) in [5.41, 5.74) is 0.667. The van der Waals surface area contributed by atoms with Crippen LogP contribution in [0.5, 0.6) is 0 Å². The van der Waals surface area contributed by atoms with Crippen molar-refractivity contribution in [1.82, 2.24) is 3.11 Å². The van der Waals surface area contributed by atoms with E-state index in [9.17, 15) is 0 Å². The molecule has 0 amide bonds. The van der Waals surface area contributed by atoms with E-state index in [0.29, 0.717) is 5.54 Å². The molecular weight excluding hydrogens is 237 g/mol. The zero-order chi connectivity index (χ0) is 7.19. The largest absolute Gasteiger partial charge is 0.239 e. The molecule has 0 aromatic rings. The van der Waals surface area contributed by atoms with Gasteiger partial charge in [0.05, 0.1) is 0 Å². The molecule has 2 rings (SSSR count). The minimum Gasteiger partial charge on any atom is -0.239 e. The molecule has 10 heavy (non-hydrogen) atoms. The maximum atomic E-state index is 2.58. The maximum Gasteiger partial charge on any atom is 0.0308 e. The van der Waals surface area contributed by atoms with E-state index in [1.54, 1.807) is 0 Å². The van der Waals surface area contributed by atoms with Gasteiger partial charge in [-0.1, -0.05) is 0 Å². The van der Waals surface area contributed by atoms with E-state index in [1.807, 2.05) is 0 Å². The molecule has 2 heteroatoms. The van der Waals surface area contributed by atoms with Crippen molar-refractivity contribution >= 4 is 22.9 Å². The number of hydrogen-bond acceptors (Lipinski definition) is 1. The summed E-state index contributed by atoms with van der Waals surface area (Å²) >= 11 is 2.52. The fourth-order valence-corrected chi connectivity index (χ4v) is 3.22. The van der Waals surface area contributed by atoms with Crippen molar-refractivity contribution in [3.63, 3.8) is 0 Å². The van der Waals surface area contributed by atoms with E-state index in [4.69, 9.17) is 0 Å². The van der Waals surface area contributed by atoms with Gasteiger partial charge in [-0.2, -0.15) is 0 Å². The number of halogens is 1. The van der Waals surface area contributed by atoms with E-state index in [-0.39, 0.29) is 0 Å². The summed E-state index contributed by atoms with van der Waals surface area (Å²) in [6, 6.07) is 0.834. The molecule has 0 aromatic heterocycles. The smallest absolute Gasteiger partial charge is 0.0308 e. The zero-order valence-corrected chi connectivity index (χ0v) is 8.60. The lowest BCUT2D eigenvalue weighted by Gasteiger charge is -2.43. The molecule has 2 fully saturated rings. The normalized spacial score (nSPS) is 38.4. The third-order valence-electron chi connectivity index (χ3n) is 3.15. The van der Waals surface area contributed by atoms with Gasteiger partial charge in [-0.3, -0.25) is 0 Å². The molecule has 0 N–H and O–H groups in total. The lowest BCUT2D eigenvalue weighted by atomic mass is 9.76. The summed E-state index contributed by atoms with van der Waals surface area (Å²) in [6.07, 6.45) is 7.26. The van der Waals surface area contributed by atoms with Crippen LogP contribution in [-0.2, 0) is 0 Å². The van der Waals surface area contributed by atoms with Crippen molar-refractivity contribution in [2.45, 2.75) is 50.6 Å². The van der Waals surface area contributed by atoms with Gasteiger partial charge in [0.25, 0.3) is 0 Å². The third-order valence-corrected chi connectivity index (χ3v) is 5.13. The third kappa shape index (κ3) is 0.843. The minimum absolute atomic E-state index is 0.667. The quantitative estimate of drug-likeness (QED) is 0.472. The first kappa shape index (κ1) is 7.35. The van der Waals surface area contributed by atoms with E-state index in [0.717, 1.165) is 6.04 Å². The highest BCUT2D eigenvalue weighted by Gasteiger charge is 2.47. The predicted octanol–water partition coefficient (Wildman–Crippen LogP) is 2.74. The average Bonchev–Trinajstić information content (AvgIpc) is 2.10. The maximum absolute atomic E-state index is 2.58. The van der Waals surface area contributed by atoms with Gasteiger partial charge in [-0.15, -0.1) is 0 Å². The molecule has 1 heterocycles. The summed E-state index contributed by atoms with van der Waals surface area (Å²) in [5, 5.41) is 0. The SMILES string of the molecule is CC1CCC2(CCC2)N1I. The van der Waals surface area contributed by atoms with Crippen LogP contribution >= 0.6 is 22.9 Å². The predicted molar refractivity (Wildman–Crippen MR) is 51.1 cm³/mol. The molecule has 2 aliphatic rings. The van der Waals surface area contributed by atoms with Gasteiger partial charge >= 0.3 is 0 Å². The first-order chi connectivity index (χ1) is 4.75. The molecule has 0 aromatic carbocycles. The summed E-state index contributed by atoms with van der Waals surface area (Å²) in [5.74, 6) is 0. The molecule has 1 aliphatic heterocycles. The Hall–Kier alpha value is 0.690. The Bertz CT molecular complexity index is 142. The number of nitrogens with zero attached hydrogens (tertiary/aromatic N) is 1. The molecule has 0 bridgehead atoms.